The number of aryl methyl sites for hydroxylation is 2. The third-order valence-corrected chi connectivity index (χ3v) is 6.99. The lowest BCUT2D eigenvalue weighted by Crippen LogP contribution is -2.49. The number of rotatable bonds is 5. The number of carbonyl (C=O) groups is 1. The van der Waals surface area contributed by atoms with E-state index in [9.17, 15) is 13.2 Å². The van der Waals surface area contributed by atoms with Crippen molar-refractivity contribution in [1.82, 2.24) is 9.88 Å². The maximum absolute atomic E-state index is 13.2. The van der Waals surface area contributed by atoms with Crippen LogP contribution in [0.5, 0.6) is 0 Å². The van der Waals surface area contributed by atoms with E-state index in [1.165, 1.54) is 12.1 Å². The molecule has 1 fully saturated rings. The van der Waals surface area contributed by atoms with E-state index in [2.05, 4.69) is 14.6 Å². The quantitative estimate of drug-likeness (QED) is 0.644. The summed E-state index contributed by atoms with van der Waals surface area (Å²) in [5.74, 6) is -0.149. The van der Waals surface area contributed by atoms with Crippen LogP contribution in [0.4, 0.5) is 11.4 Å². The van der Waals surface area contributed by atoms with Crippen molar-refractivity contribution in [3.63, 3.8) is 0 Å². The first-order valence-corrected chi connectivity index (χ1v) is 12.0. The molecule has 1 saturated heterocycles. The molecule has 32 heavy (non-hydrogen) atoms. The molecule has 2 aromatic carbocycles. The topological polar surface area (TPSA) is 82.6 Å². The lowest BCUT2D eigenvalue weighted by Gasteiger charge is -2.36. The summed E-state index contributed by atoms with van der Waals surface area (Å²) < 4.78 is 28.5. The van der Waals surface area contributed by atoms with Crippen LogP contribution in [0.25, 0.3) is 0 Å². The molecular weight excluding hydrogens is 424 g/mol. The fraction of sp³-hybridized carbons (Fsp3) is 0.250. The minimum atomic E-state index is -3.81. The molecule has 0 unspecified atom stereocenters. The molecule has 1 aromatic heterocycles. The number of nitrogens with zero attached hydrogens (tertiary/aromatic N) is 3. The number of hydrogen-bond acceptors (Lipinski definition) is 5. The first-order chi connectivity index (χ1) is 15.3. The summed E-state index contributed by atoms with van der Waals surface area (Å²) in [5, 5.41) is 0. The molecule has 8 heteroatoms. The number of hydrogen-bond donors (Lipinski definition) is 1. The second kappa shape index (κ2) is 9.00. The molecule has 7 nitrogen and oxygen atoms in total. The van der Waals surface area contributed by atoms with Crippen LogP contribution in [0, 0.1) is 13.8 Å². The van der Waals surface area contributed by atoms with Crippen molar-refractivity contribution in [2.75, 3.05) is 35.8 Å². The molecule has 0 spiro atoms. The van der Waals surface area contributed by atoms with E-state index in [1.54, 1.807) is 41.6 Å². The first-order valence-electron chi connectivity index (χ1n) is 10.5. The Labute approximate surface area is 188 Å². The van der Waals surface area contributed by atoms with E-state index in [0.717, 1.165) is 16.8 Å². The number of nitrogens with one attached hydrogen (secondary N) is 1. The Morgan fingerprint density at radius 1 is 0.938 bits per heavy atom. The zero-order valence-electron chi connectivity index (χ0n) is 18.2. The molecule has 1 aliphatic rings. The Balaban J connectivity index is 1.50. The molecule has 0 radical (unpaired) electrons. The third kappa shape index (κ3) is 4.75. The maximum atomic E-state index is 13.2. The molecule has 166 valence electrons. The van der Waals surface area contributed by atoms with E-state index in [1.807, 2.05) is 32.0 Å². The van der Waals surface area contributed by atoms with E-state index < -0.39 is 10.0 Å². The smallest absolute Gasteiger partial charge is 0.261 e. The molecule has 0 atom stereocenters. The Hall–Kier alpha value is -3.39. The summed E-state index contributed by atoms with van der Waals surface area (Å²) in [6.45, 7) is 6.28. The average molecular weight is 451 g/mol. The standard InChI is InChI=1S/C24H26N4O3S/c1-18-4-3-5-20(16-18)26-32(30,31)22-7-6-19(2)23(17-22)24(29)28-14-12-27(13-15-28)21-8-10-25-11-9-21/h3-11,16-17,26H,12-15H2,1-2H3. The van der Waals surface area contributed by atoms with Gasteiger partial charge < -0.3 is 9.80 Å². The van der Waals surface area contributed by atoms with Gasteiger partial charge in [-0.05, 0) is 61.4 Å². The van der Waals surface area contributed by atoms with Gasteiger partial charge in [0.05, 0.1) is 4.90 Å². The minimum absolute atomic E-state index is 0.0726. The number of piperazine rings is 1. The van der Waals surface area contributed by atoms with Crippen molar-refractivity contribution in [3.8, 4) is 0 Å². The van der Waals surface area contributed by atoms with Gasteiger partial charge in [-0.2, -0.15) is 0 Å². The van der Waals surface area contributed by atoms with Crippen molar-refractivity contribution in [2.45, 2.75) is 18.7 Å². The molecule has 1 N–H and O–H groups in total. The number of benzene rings is 2. The van der Waals surface area contributed by atoms with Gasteiger partial charge >= 0.3 is 0 Å². The average Bonchev–Trinajstić information content (AvgIpc) is 2.79. The van der Waals surface area contributed by atoms with E-state index in [4.69, 9.17) is 0 Å². The summed E-state index contributed by atoms with van der Waals surface area (Å²) in [7, 11) is -3.81. The monoisotopic (exact) mass is 450 g/mol. The number of sulfonamides is 1. The zero-order valence-corrected chi connectivity index (χ0v) is 19.0. The first kappa shape index (κ1) is 21.8. The van der Waals surface area contributed by atoms with Crippen molar-refractivity contribution in [2.24, 2.45) is 0 Å². The molecule has 0 bridgehead atoms. The Bertz CT molecular complexity index is 1220. The van der Waals surface area contributed by atoms with Gasteiger partial charge in [0.25, 0.3) is 15.9 Å². The predicted molar refractivity (Wildman–Crippen MR) is 126 cm³/mol. The van der Waals surface area contributed by atoms with Gasteiger partial charge in [-0.3, -0.25) is 14.5 Å². The zero-order chi connectivity index (χ0) is 22.7. The molecule has 3 aromatic rings. The lowest BCUT2D eigenvalue weighted by molar-refractivity contribution is 0.0746. The van der Waals surface area contributed by atoms with Crippen LogP contribution in [0.15, 0.2) is 71.9 Å². The summed E-state index contributed by atoms with van der Waals surface area (Å²) in [6, 6.07) is 15.8. The number of carbonyl (C=O) groups excluding carboxylic acids is 1. The summed E-state index contributed by atoms with van der Waals surface area (Å²) in [6.07, 6.45) is 3.51. The summed E-state index contributed by atoms with van der Waals surface area (Å²) in [4.78, 5) is 21.3. The van der Waals surface area contributed by atoms with Gasteiger partial charge in [-0.15, -0.1) is 0 Å². The largest absolute Gasteiger partial charge is 0.368 e. The van der Waals surface area contributed by atoms with Gasteiger partial charge in [0.15, 0.2) is 0 Å². The van der Waals surface area contributed by atoms with Gasteiger partial charge in [-0.1, -0.05) is 18.2 Å². The van der Waals surface area contributed by atoms with Gasteiger partial charge in [-0.25, -0.2) is 8.42 Å². The van der Waals surface area contributed by atoms with Crippen LogP contribution in [0.2, 0.25) is 0 Å². The SMILES string of the molecule is Cc1cccc(NS(=O)(=O)c2ccc(C)c(C(=O)N3CCN(c4ccncc4)CC3)c2)c1. The Kier molecular flexibility index (Phi) is 6.14. The van der Waals surface area contributed by atoms with Crippen LogP contribution in [-0.2, 0) is 10.0 Å². The normalized spacial score (nSPS) is 14.3. The van der Waals surface area contributed by atoms with E-state index in [-0.39, 0.29) is 10.8 Å². The van der Waals surface area contributed by atoms with Gasteiger partial charge in [0.1, 0.15) is 0 Å². The van der Waals surface area contributed by atoms with Crippen molar-refractivity contribution in [3.05, 3.63) is 83.7 Å². The molecular formula is C24H26N4O3S. The highest BCUT2D eigenvalue weighted by molar-refractivity contribution is 7.92. The Morgan fingerprint density at radius 2 is 1.66 bits per heavy atom. The van der Waals surface area contributed by atoms with Crippen LogP contribution in [-0.4, -0.2) is 50.4 Å². The molecule has 1 aliphatic heterocycles. The minimum Gasteiger partial charge on any atom is -0.368 e. The molecule has 2 heterocycles. The van der Waals surface area contributed by atoms with Crippen LogP contribution < -0.4 is 9.62 Å². The summed E-state index contributed by atoms with van der Waals surface area (Å²) >= 11 is 0. The van der Waals surface area contributed by atoms with Crippen molar-refractivity contribution < 1.29 is 13.2 Å². The van der Waals surface area contributed by atoms with Crippen LogP contribution >= 0.6 is 0 Å². The second-order valence-electron chi connectivity index (χ2n) is 7.94. The summed E-state index contributed by atoms with van der Waals surface area (Å²) in [5.41, 5.74) is 3.69. The molecule has 0 aliphatic carbocycles. The fourth-order valence-corrected chi connectivity index (χ4v) is 4.89. The van der Waals surface area contributed by atoms with E-state index in [0.29, 0.717) is 37.4 Å². The number of aromatic nitrogens is 1. The van der Waals surface area contributed by atoms with Gasteiger partial charge in [0.2, 0.25) is 0 Å². The second-order valence-corrected chi connectivity index (χ2v) is 9.62. The number of amides is 1. The predicted octanol–water partition coefficient (Wildman–Crippen LogP) is 3.46. The molecule has 1 amide bonds. The molecule has 0 saturated carbocycles. The Morgan fingerprint density at radius 3 is 2.34 bits per heavy atom. The van der Waals surface area contributed by atoms with Gasteiger partial charge in [0, 0.05) is 55.5 Å². The highest BCUT2D eigenvalue weighted by Gasteiger charge is 2.25. The van der Waals surface area contributed by atoms with Crippen molar-refractivity contribution in [1.29, 1.82) is 0 Å². The van der Waals surface area contributed by atoms with E-state index >= 15 is 0 Å². The third-order valence-electron chi connectivity index (χ3n) is 5.61. The van der Waals surface area contributed by atoms with Crippen LogP contribution in [0.3, 0.4) is 0 Å². The number of pyridine rings is 1. The maximum Gasteiger partial charge on any atom is 0.261 e. The lowest BCUT2D eigenvalue weighted by atomic mass is 10.1. The highest BCUT2D eigenvalue weighted by Crippen LogP contribution is 2.22. The number of anilines is 2. The fourth-order valence-electron chi connectivity index (χ4n) is 3.81. The van der Waals surface area contributed by atoms with Crippen molar-refractivity contribution >= 4 is 27.3 Å². The molecule has 4 rings (SSSR count). The van der Waals surface area contributed by atoms with Crippen LogP contribution in [0.1, 0.15) is 21.5 Å². The highest BCUT2D eigenvalue weighted by atomic mass is 32.2.